The molecule has 0 aliphatic rings. The molecule has 0 fully saturated rings. The summed E-state index contributed by atoms with van der Waals surface area (Å²) in [6.07, 6.45) is 0.572. The molecule has 1 unspecified atom stereocenters. The lowest BCUT2D eigenvalue weighted by Gasteiger charge is -2.13. The van der Waals surface area contributed by atoms with E-state index >= 15 is 0 Å². The zero-order valence-electron chi connectivity index (χ0n) is 10.8. The van der Waals surface area contributed by atoms with E-state index in [0.717, 1.165) is 6.07 Å². The molecule has 19 heavy (non-hydrogen) atoms. The molecule has 0 radical (unpaired) electrons. The summed E-state index contributed by atoms with van der Waals surface area (Å²) in [4.78, 5) is 4.07. The van der Waals surface area contributed by atoms with Crippen LogP contribution in [0, 0.1) is 18.6 Å². The molecule has 4 nitrogen and oxygen atoms in total. The summed E-state index contributed by atoms with van der Waals surface area (Å²) in [7, 11) is 0. The molecular formula is C13H15F2N3O. The average Bonchev–Trinajstić information content (AvgIpc) is 2.73. The summed E-state index contributed by atoms with van der Waals surface area (Å²) in [5.41, 5.74) is 0.569. The van der Waals surface area contributed by atoms with Crippen molar-refractivity contribution >= 4 is 0 Å². The SMILES string of the molecule is Cc1noc(CCNC(C)c2cc(F)cc(F)c2)n1. The van der Waals surface area contributed by atoms with Crippen molar-refractivity contribution in [1.29, 1.82) is 0 Å². The Morgan fingerprint density at radius 1 is 1.26 bits per heavy atom. The first-order chi connectivity index (χ1) is 9.04. The van der Waals surface area contributed by atoms with Crippen LogP contribution in [0.3, 0.4) is 0 Å². The molecule has 0 amide bonds. The highest BCUT2D eigenvalue weighted by Gasteiger charge is 2.09. The number of halogens is 2. The van der Waals surface area contributed by atoms with Gasteiger partial charge in [-0.05, 0) is 31.5 Å². The van der Waals surface area contributed by atoms with Crippen molar-refractivity contribution in [3.8, 4) is 0 Å². The maximum Gasteiger partial charge on any atom is 0.227 e. The van der Waals surface area contributed by atoms with Crippen molar-refractivity contribution in [2.75, 3.05) is 6.54 Å². The van der Waals surface area contributed by atoms with Crippen molar-refractivity contribution in [3.05, 3.63) is 47.1 Å². The minimum absolute atomic E-state index is 0.158. The molecule has 0 bridgehead atoms. The van der Waals surface area contributed by atoms with Gasteiger partial charge in [0.05, 0.1) is 0 Å². The summed E-state index contributed by atoms with van der Waals surface area (Å²) in [5, 5.41) is 6.83. The number of hydrogen-bond donors (Lipinski definition) is 1. The van der Waals surface area contributed by atoms with E-state index in [1.165, 1.54) is 12.1 Å². The van der Waals surface area contributed by atoms with E-state index in [4.69, 9.17) is 4.52 Å². The first-order valence-electron chi connectivity index (χ1n) is 6.03. The third kappa shape index (κ3) is 3.82. The predicted molar refractivity (Wildman–Crippen MR) is 65.5 cm³/mol. The van der Waals surface area contributed by atoms with Gasteiger partial charge in [0.2, 0.25) is 5.89 Å². The Morgan fingerprint density at radius 2 is 1.95 bits per heavy atom. The monoisotopic (exact) mass is 267 g/mol. The van der Waals surface area contributed by atoms with Gasteiger partial charge in [-0.1, -0.05) is 5.16 Å². The molecule has 1 heterocycles. The molecule has 1 aromatic carbocycles. The summed E-state index contributed by atoms with van der Waals surface area (Å²) >= 11 is 0. The number of hydrogen-bond acceptors (Lipinski definition) is 4. The molecular weight excluding hydrogens is 252 g/mol. The second kappa shape index (κ2) is 5.88. The van der Waals surface area contributed by atoms with Gasteiger partial charge in [0.15, 0.2) is 5.82 Å². The normalized spacial score (nSPS) is 12.6. The van der Waals surface area contributed by atoms with Crippen LogP contribution in [0.1, 0.15) is 30.2 Å². The van der Waals surface area contributed by atoms with E-state index in [9.17, 15) is 8.78 Å². The largest absolute Gasteiger partial charge is 0.339 e. The van der Waals surface area contributed by atoms with Crippen LogP contribution in [0.15, 0.2) is 22.7 Å². The van der Waals surface area contributed by atoms with E-state index in [1.54, 1.807) is 6.92 Å². The number of nitrogens with one attached hydrogen (secondary N) is 1. The van der Waals surface area contributed by atoms with E-state index in [1.807, 2.05) is 6.92 Å². The lowest BCUT2D eigenvalue weighted by atomic mass is 10.1. The molecule has 0 saturated heterocycles. The van der Waals surface area contributed by atoms with Crippen LogP contribution in [0.25, 0.3) is 0 Å². The fourth-order valence-electron chi connectivity index (χ4n) is 1.78. The molecule has 0 spiro atoms. The standard InChI is InChI=1S/C13H15F2N3O/c1-8(10-5-11(14)7-12(15)6-10)16-4-3-13-17-9(2)18-19-13/h5-8,16H,3-4H2,1-2H3. The molecule has 1 atom stereocenters. The zero-order chi connectivity index (χ0) is 13.8. The minimum Gasteiger partial charge on any atom is -0.339 e. The Balaban J connectivity index is 1.88. The Hall–Kier alpha value is -1.82. The average molecular weight is 267 g/mol. The van der Waals surface area contributed by atoms with Gasteiger partial charge in [-0.3, -0.25) is 0 Å². The summed E-state index contributed by atoms with van der Waals surface area (Å²) in [6, 6.07) is 3.33. The quantitative estimate of drug-likeness (QED) is 0.904. The highest BCUT2D eigenvalue weighted by molar-refractivity contribution is 5.20. The second-order valence-corrected chi connectivity index (χ2v) is 4.36. The van der Waals surface area contributed by atoms with Gasteiger partial charge in [-0.25, -0.2) is 8.78 Å². The Labute approximate surface area is 109 Å². The second-order valence-electron chi connectivity index (χ2n) is 4.36. The van der Waals surface area contributed by atoms with Gasteiger partial charge in [-0.2, -0.15) is 4.98 Å². The van der Waals surface area contributed by atoms with Crippen LogP contribution >= 0.6 is 0 Å². The van der Waals surface area contributed by atoms with Gasteiger partial charge in [-0.15, -0.1) is 0 Å². The molecule has 0 aliphatic carbocycles. The molecule has 1 N–H and O–H groups in total. The van der Waals surface area contributed by atoms with Gasteiger partial charge < -0.3 is 9.84 Å². The highest BCUT2D eigenvalue weighted by atomic mass is 19.1. The van der Waals surface area contributed by atoms with Crippen molar-refractivity contribution in [3.63, 3.8) is 0 Å². The minimum atomic E-state index is -0.573. The van der Waals surface area contributed by atoms with Crippen molar-refractivity contribution in [1.82, 2.24) is 15.5 Å². The third-order valence-corrected chi connectivity index (χ3v) is 2.74. The molecule has 102 valence electrons. The number of benzene rings is 1. The number of aryl methyl sites for hydroxylation is 1. The fourth-order valence-corrected chi connectivity index (χ4v) is 1.78. The smallest absolute Gasteiger partial charge is 0.227 e. The molecule has 1 aromatic heterocycles. The van der Waals surface area contributed by atoms with Gasteiger partial charge in [0, 0.05) is 25.1 Å². The number of aromatic nitrogens is 2. The van der Waals surface area contributed by atoms with Crippen LogP contribution in [0.2, 0.25) is 0 Å². The first-order valence-corrected chi connectivity index (χ1v) is 6.03. The number of nitrogens with zero attached hydrogens (tertiary/aromatic N) is 2. The van der Waals surface area contributed by atoms with E-state index in [2.05, 4.69) is 15.5 Å². The van der Waals surface area contributed by atoms with Gasteiger partial charge >= 0.3 is 0 Å². The van der Waals surface area contributed by atoms with Gasteiger partial charge in [0.25, 0.3) is 0 Å². The maximum atomic E-state index is 13.1. The predicted octanol–water partition coefficient (Wildman–Crippen LogP) is 2.55. The van der Waals surface area contributed by atoms with Crippen molar-refractivity contribution in [2.24, 2.45) is 0 Å². The Bertz CT molecular complexity index is 536. The van der Waals surface area contributed by atoms with Crippen LogP contribution in [-0.2, 0) is 6.42 Å². The summed E-state index contributed by atoms with van der Waals surface area (Å²) < 4.78 is 31.1. The first kappa shape index (κ1) is 13.6. The Kier molecular flexibility index (Phi) is 4.21. The highest BCUT2D eigenvalue weighted by Crippen LogP contribution is 2.15. The maximum absolute atomic E-state index is 13.1. The molecule has 0 aliphatic heterocycles. The van der Waals surface area contributed by atoms with Crippen LogP contribution < -0.4 is 5.32 Å². The van der Waals surface area contributed by atoms with E-state index in [0.29, 0.717) is 30.2 Å². The fraction of sp³-hybridized carbons (Fsp3) is 0.385. The zero-order valence-corrected chi connectivity index (χ0v) is 10.8. The van der Waals surface area contributed by atoms with Gasteiger partial charge in [0.1, 0.15) is 11.6 Å². The lowest BCUT2D eigenvalue weighted by Crippen LogP contribution is -2.21. The third-order valence-electron chi connectivity index (χ3n) is 2.74. The van der Waals surface area contributed by atoms with Crippen LogP contribution in [0.5, 0.6) is 0 Å². The lowest BCUT2D eigenvalue weighted by molar-refractivity contribution is 0.370. The number of rotatable bonds is 5. The van der Waals surface area contributed by atoms with Crippen molar-refractivity contribution in [2.45, 2.75) is 26.3 Å². The van der Waals surface area contributed by atoms with E-state index < -0.39 is 11.6 Å². The molecule has 6 heteroatoms. The van der Waals surface area contributed by atoms with E-state index in [-0.39, 0.29) is 6.04 Å². The molecule has 2 rings (SSSR count). The van der Waals surface area contributed by atoms with Crippen LogP contribution in [-0.4, -0.2) is 16.7 Å². The van der Waals surface area contributed by atoms with Crippen LogP contribution in [0.4, 0.5) is 8.78 Å². The summed E-state index contributed by atoms with van der Waals surface area (Å²) in [5.74, 6) is -0.00905. The van der Waals surface area contributed by atoms with Crippen molar-refractivity contribution < 1.29 is 13.3 Å². The topological polar surface area (TPSA) is 51.0 Å². The summed E-state index contributed by atoms with van der Waals surface area (Å²) in [6.45, 7) is 4.17. The molecule has 2 aromatic rings. The molecule has 0 saturated carbocycles. The Morgan fingerprint density at radius 3 is 2.53 bits per heavy atom.